The number of hydrogen-bond acceptors (Lipinski definition) is 9. The van der Waals surface area contributed by atoms with Crippen molar-refractivity contribution < 1.29 is 27.5 Å². The molecule has 11 nitrogen and oxygen atoms in total. The highest BCUT2D eigenvalue weighted by molar-refractivity contribution is 7.93. The summed E-state index contributed by atoms with van der Waals surface area (Å²) in [5, 5.41) is 10.4. The number of aromatic nitrogens is 2. The van der Waals surface area contributed by atoms with Gasteiger partial charge in [-0.05, 0) is 18.6 Å². The Kier molecular flexibility index (Phi) is 8.67. The predicted octanol–water partition coefficient (Wildman–Crippen LogP) is 3.74. The standard InChI is InChI=1S/C21H29N5O6S2/c1-4-5-6-9-14-34(29,30)20-24-23-18(33-20)26-17(12-13-25(2)21(26)28)32-19(27)22-15-10-7-8-11-16(15)31-3/h7-8,10-11,17H,4-6,9,12-14H2,1-3H3,(H,22,27). The SMILES string of the molecule is CCCCCCS(=O)(=O)c1nnc(N2C(=O)N(C)CCC2OC(=O)Nc2ccccc2OC)s1. The zero-order valence-corrected chi connectivity index (χ0v) is 21.0. The molecule has 0 spiro atoms. The van der Waals surface area contributed by atoms with Crippen molar-refractivity contribution in [3.63, 3.8) is 0 Å². The van der Waals surface area contributed by atoms with Crippen molar-refractivity contribution in [1.29, 1.82) is 0 Å². The monoisotopic (exact) mass is 511 g/mol. The fraction of sp³-hybridized carbons (Fsp3) is 0.524. The maximum absolute atomic E-state index is 12.9. The third-order valence-corrected chi connectivity index (χ3v) is 8.42. The van der Waals surface area contributed by atoms with E-state index in [1.165, 1.54) is 16.9 Å². The number of hydrogen-bond donors (Lipinski definition) is 1. The summed E-state index contributed by atoms with van der Waals surface area (Å²) < 4.78 is 35.9. The molecule has 0 bridgehead atoms. The molecule has 1 unspecified atom stereocenters. The molecule has 0 radical (unpaired) electrons. The van der Waals surface area contributed by atoms with Crippen molar-refractivity contribution >= 4 is 44.1 Å². The second-order valence-electron chi connectivity index (χ2n) is 7.78. The van der Waals surface area contributed by atoms with Gasteiger partial charge >= 0.3 is 12.1 Å². The minimum Gasteiger partial charge on any atom is -0.495 e. The molecule has 1 N–H and O–H groups in total. The smallest absolute Gasteiger partial charge is 0.413 e. The van der Waals surface area contributed by atoms with E-state index in [-0.39, 0.29) is 15.2 Å². The van der Waals surface area contributed by atoms with Crippen LogP contribution in [0.1, 0.15) is 39.0 Å². The molecule has 1 aromatic carbocycles. The predicted molar refractivity (Wildman–Crippen MR) is 128 cm³/mol. The largest absolute Gasteiger partial charge is 0.495 e. The van der Waals surface area contributed by atoms with Crippen molar-refractivity contribution in [2.45, 2.75) is 49.6 Å². The minimum atomic E-state index is -3.62. The highest BCUT2D eigenvalue weighted by Gasteiger charge is 2.38. The fourth-order valence-electron chi connectivity index (χ4n) is 3.40. The van der Waals surface area contributed by atoms with Gasteiger partial charge in [0.25, 0.3) is 0 Å². The Morgan fingerprint density at radius 3 is 2.74 bits per heavy atom. The molecule has 186 valence electrons. The van der Waals surface area contributed by atoms with Gasteiger partial charge < -0.3 is 14.4 Å². The maximum Gasteiger partial charge on any atom is 0.413 e. The van der Waals surface area contributed by atoms with Crippen LogP contribution in [0, 0.1) is 0 Å². The van der Waals surface area contributed by atoms with Crippen molar-refractivity contribution in [3.8, 4) is 5.75 Å². The number of anilines is 2. The summed E-state index contributed by atoms with van der Waals surface area (Å²) >= 11 is 0.793. The van der Waals surface area contributed by atoms with Crippen LogP contribution in [0.15, 0.2) is 28.6 Å². The van der Waals surface area contributed by atoms with Gasteiger partial charge in [-0.15, -0.1) is 10.2 Å². The molecule has 3 rings (SSSR count). The number of methoxy groups -OCH3 is 1. The number of rotatable bonds is 10. The Labute approximate surface area is 203 Å². The molecule has 2 heterocycles. The summed E-state index contributed by atoms with van der Waals surface area (Å²) in [5.74, 6) is 0.421. The van der Waals surface area contributed by atoms with E-state index in [0.717, 1.165) is 30.6 Å². The lowest BCUT2D eigenvalue weighted by Crippen LogP contribution is -2.55. The van der Waals surface area contributed by atoms with Gasteiger partial charge in [0, 0.05) is 20.0 Å². The molecule has 1 aliphatic rings. The summed E-state index contributed by atoms with van der Waals surface area (Å²) in [6, 6.07) is 6.36. The number of carbonyl (C=O) groups excluding carboxylic acids is 2. The molecule has 13 heteroatoms. The molecular weight excluding hydrogens is 482 g/mol. The Morgan fingerprint density at radius 1 is 1.24 bits per heavy atom. The first kappa shape index (κ1) is 25.7. The van der Waals surface area contributed by atoms with E-state index in [2.05, 4.69) is 15.5 Å². The van der Waals surface area contributed by atoms with Gasteiger partial charge in [0.05, 0.1) is 18.6 Å². The van der Waals surface area contributed by atoms with Crippen molar-refractivity contribution in [3.05, 3.63) is 24.3 Å². The van der Waals surface area contributed by atoms with Crippen LogP contribution in [0.5, 0.6) is 5.75 Å². The van der Waals surface area contributed by atoms with Crippen LogP contribution >= 0.6 is 11.3 Å². The number of ether oxygens (including phenoxy) is 2. The molecule has 0 saturated carbocycles. The normalized spacial score (nSPS) is 16.4. The van der Waals surface area contributed by atoms with Crippen LogP contribution in [0.25, 0.3) is 0 Å². The van der Waals surface area contributed by atoms with Crippen LogP contribution in [0.3, 0.4) is 0 Å². The van der Waals surface area contributed by atoms with E-state index in [0.29, 0.717) is 30.8 Å². The number of urea groups is 1. The number of nitrogens with one attached hydrogen (secondary N) is 1. The molecule has 34 heavy (non-hydrogen) atoms. The molecular formula is C21H29N5O6S2. The van der Waals surface area contributed by atoms with E-state index in [1.807, 2.05) is 6.92 Å². The zero-order valence-electron chi connectivity index (χ0n) is 19.4. The quantitative estimate of drug-likeness (QED) is 0.377. The number of carbonyl (C=O) groups is 2. The summed E-state index contributed by atoms with van der Waals surface area (Å²) in [6.07, 6.45) is 1.84. The number of nitrogens with zero attached hydrogens (tertiary/aromatic N) is 4. The summed E-state index contributed by atoms with van der Waals surface area (Å²) in [6.45, 7) is 2.40. The first-order chi connectivity index (χ1) is 16.3. The van der Waals surface area contributed by atoms with Gasteiger partial charge in [-0.1, -0.05) is 49.7 Å². The van der Waals surface area contributed by atoms with Crippen molar-refractivity contribution in [2.24, 2.45) is 0 Å². The summed E-state index contributed by atoms with van der Waals surface area (Å²) in [5.41, 5.74) is 0.410. The molecule has 1 saturated heterocycles. The van der Waals surface area contributed by atoms with E-state index in [1.54, 1.807) is 31.3 Å². The van der Waals surface area contributed by atoms with Crippen LogP contribution in [-0.4, -0.2) is 68.3 Å². The Bertz CT molecular complexity index is 1110. The van der Waals surface area contributed by atoms with E-state index >= 15 is 0 Å². The van der Waals surface area contributed by atoms with Gasteiger partial charge in [-0.25, -0.2) is 22.9 Å². The first-order valence-corrected chi connectivity index (χ1v) is 13.4. The Hall–Kier alpha value is -2.93. The number of amides is 3. The number of benzene rings is 1. The highest BCUT2D eigenvalue weighted by Crippen LogP contribution is 2.31. The molecule has 1 fully saturated rings. The Morgan fingerprint density at radius 2 is 2.00 bits per heavy atom. The van der Waals surface area contributed by atoms with Crippen LogP contribution in [-0.2, 0) is 14.6 Å². The lowest BCUT2D eigenvalue weighted by molar-refractivity contribution is 0.0841. The minimum absolute atomic E-state index is 0.0310. The van der Waals surface area contributed by atoms with E-state index < -0.39 is 28.2 Å². The topological polar surface area (TPSA) is 131 Å². The van der Waals surface area contributed by atoms with E-state index in [4.69, 9.17) is 9.47 Å². The number of unbranched alkanes of at least 4 members (excludes halogenated alkanes) is 3. The van der Waals surface area contributed by atoms with E-state index in [9.17, 15) is 18.0 Å². The van der Waals surface area contributed by atoms with Crippen LogP contribution in [0.2, 0.25) is 0 Å². The van der Waals surface area contributed by atoms with Gasteiger partial charge in [0.2, 0.25) is 19.3 Å². The third-order valence-electron chi connectivity index (χ3n) is 5.25. The Balaban J connectivity index is 1.75. The molecule has 1 atom stereocenters. The second kappa shape index (κ2) is 11.5. The summed E-state index contributed by atoms with van der Waals surface area (Å²) in [7, 11) is -0.535. The molecule has 1 aromatic heterocycles. The average molecular weight is 512 g/mol. The molecule has 2 aromatic rings. The van der Waals surface area contributed by atoms with Gasteiger partial charge in [-0.2, -0.15) is 0 Å². The molecule has 1 aliphatic heterocycles. The zero-order chi connectivity index (χ0) is 24.7. The van der Waals surface area contributed by atoms with Crippen molar-refractivity contribution in [1.82, 2.24) is 15.1 Å². The van der Waals surface area contributed by atoms with Crippen LogP contribution < -0.4 is 15.0 Å². The summed E-state index contributed by atoms with van der Waals surface area (Å²) in [4.78, 5) is 28.1. The maximum atomic E-state index is 12.9. The third kappa shape index (κ3) is 6.14. The van der Waals surface area contributed by atoms with Crippen LogP contribution in [0.4, 0.5) is 20.4 Å². The fourth-order valence-corrected chi connectivity index (χ4v) is 5.91. The lowest BCUT2D eigenvalue weighted by atomic mass is 10.2. The average Bonchev–Trinajstić information content (AvgIpc) is 3.30. The first-order valence-electron chi connectivity index (χ1n) is 11.0. The highest BCUT2D eigenvalue weighted by atomic mass is 32.2. The van der Waals surface area contributed by atoms with Gasteiger partial charge in [0.1, 0.15) is 5.75 Å². The van der Waals surface area contributed by atoms with Crippen molar-refractivity contribution in [2.75, 3.05) is 36.7 Å². The molecule has 0 aliphatic carbocycles. The number of para-hydroxylation sites is 2. The molecule has 3 amide bonds. The van der Waals surface area contributed by atoms with Gasteiger partial charge in [-0.3, -0.25) is 5.32 Å². The second-order valence-corrected chi connectivity index (χ2v) is 11.0. The van der Waals surface area contributed by atoms with Gasteiger partial charge in [0.15, 0.2) is 6.23 Å². The lowest BCUT2D eigenvalue weighted by Gasteiger charge is -2.37. The number of sulfone groups is 1.